The van der Waals surface area contributed by atoms with Crippen LogP contribution in [-0.4, -0.2) is 61.6 Å². The number of nitrogens with zero attached hydrogens (tertiary/aromatic N) is 1. The van der Waals surface area contributed by atoms with E-state index in [0.29, 0.717) is 17.3 Å². The predicted molar refractivity (Wildman–Crippen MR) is 103 cm³/mol. The lowest BCUT2D eigenvalue weighted by atomic mass is 10.0. The van der Waals surface area contributed by atoms with Crippen molar-refractivity contribution in [2.45, 2.75) is 32.9 Å². The minimum absolute atomic E-state index is 0.164. The maximum Gasteiger partial charge on any atom is 0.262 e. The monoisotopic (exact) mass is 431 g/mol. The smallest absolute Gasteiger partial charge is 0.262 e. The lowest BCUT2D eigenvalue weighted by Gasteiger charge is -2.37. The van der Waals surface area contributed by atoms with Crippen LogP contribution in [0.25, 0.3) is 0 Å². The molecule has 2 N–H and O–H groups in total. The van der Waals surface area contributed by atoms with Gasteiger partial charge in [0.2, 0.25) is 5.91 Å². The molecule has 140 valence electrons. The number of nitrogens with one attached hydrogen (secondary N) is 2. The summed E-state index contributed by atoms with van der Waals surface area (Å²) in [4.78, 5) is 27.4. The minimum atomic E-state index is -0.578. The summed E-state index contributed by atoms with van der Waals surface area (Å²) in [6, 6.07) is 3.25. The van der Waals surface area contributed by atoms with E-state index in [1.807, 2.05) is 6.07 Å². The van der Waals surface area contributed by atoms with E-state index in [2.05, 4.69) is 45.3 Å². The molecule has 2 atom stereocenters. The first-order chi connectivity index (χ1) is 11.9. The van der Waals surface area contributed by atoms with Gasteiger partial charge in [0.1, 0.15) is 6.04 Å². The van der Waals surface area contributed by atoms with Crippen LogP contribution in [0.1, 0.15) is 30.4 Å². The van der Waals surface area contributed by atoms with E-state index < -0.39 is 6.04 Å². The molecule has 1 aliphatic heterocycles. The number of morpholine rings is 1. The number of carbonyl (C=O) groups is 2. The SMILES string of the molecule is CC(NC(=O)c1ccc(Br)s1)C(=O)NCC(C(C)C)N1CCOCC1. The van der Waals surface area contributed by atoms with Gasteiger partial charge in [-0.15, -0.1) is 11.3 Å². The standard InChI is InChI=1S/C17H26BrN3O3S/c1-11(2)13(21-6-8-24-9-7-21)10-19-16(22)12(3)20-17(23)14-4-5-15(18)25-14/h4-5,11-13H,6-10H2,1-3H3,(H,19,22)(H,20,23). The number of hydrogen-bond donors (Lipinski definition) is 2. The van der Waals surface area contributed by atoms with Crippen molar-refractivity contribution in [1.29, 1.82) is 0 Å². The van der Waals surface area contributed by atoms with Crippen molar-refractivity contribution in [1.82, 2.24) is 15.5 Å². The first kappa shape index (κ1) is 20.4. The summed E-state index contributed by atoms with van der Waals surface area (Å²) in [5, 5.41) is 5.73. The topological polar surface area (TPSA) is 70.7 Å². The van der Waals surface area contributed by atoms with Crippen LogP contribution in [0.15, 0.2) is 15.9 Å². The molecule has 6 nitrogen and oxygen atoms in total. The van der Waals surface area contributed by atoms with Gasteiger partial charge in [-0.3, -0.25) is 14.5 Å². The van der Waals surface area contributed by atoms with Crippen LogP contribution in [0.5, 0.6) is 0 Å². The van der Waals surface area contributed by atoms with Crippen molar-refractivity contribution >= 4 is 39.1 Å². The van der Waals surface area contributed by atoms with Crippen molar-refractivity contribution < 1.29 is 14.3 Å². The number of thiophene rings is 1. The second-order valence-corrected chi connectivity index (χ2v) is 8.97. The summed E-state index contributed by atoms with van der Waals surface area (Å²) in [6.45, 7) is 9.84. The van der Waals surface area contributed by atoms with Crippen LogP contribution < -0.4 is 10.6 Å². The highest BCUT2D eigenvalue weighted by molar-refractivity contribution is 9.11. The van der Waals surface area contributed by atoms with E-state index in [4.69, 9.17) is 4.74 Å². The Kier molecular flexibility index (Phi) is 7.86. The van der Waals surface area contributed by atoms with Crippen LogP contribution in [0.4, 0.5) is 0 Å². The molecule has 1 aromatic heterocycles. The van der Waals surface area contributed by atoms with E-state index in [-0.39, 0.29) is 17.9 Å². The number of ether oxygens (including phenoxy) is 1. The Balaban J connectivity index is 1.83. The van der Waals surface area contributed by atoms with Gasteiger partial charge in [0.05, 0.1) is 21.9 Å². The van der Waals surface area contributed by atoms with Gasteiger partial charge in [0.25, 0.3) is 5.91 Å². The third kappa shape index (κ3) is 6.06. The zero-order valence-electron chi connectivity index (χ0n) is 14.9. The van der Waals surface area contributed by atoms with Crippen molar-refractivity contribution in [2.24, 2.45) is 5.92 Å². The first-order valence-corrected chi connectivity index (χ1v) is 10.1. The van der Waals surface area contributed by atoms with E-state index in [1.54, 1.807) is 13.0 Å². The maximum absolute atomic E-state index is 12.3. The highest BCUT2D eigenvalue weighted by Gasteiger charge is 2.25. The Labute approximate surface area is 161 Å². The maximum atomic E-state index is 12.3. The van der Waals surface area contributed by atoms with Crippen LogP contribution in [-0.2, 0) is 9.53 Å². The average Bonchev–Trinajstić information content (AvgIpc) is 3.02. The van der Waals surface area contributed by atoms with Crippen LogP contribution in [0, 0.1) is 5.92 Å². The Hall–Kier alpha value is -0.960. The molecule has 1 fully saturated rings. The molecule has 0 aliphatic carbocycles. The fraction of sp³-hybridized carbons (Fsp3) is 0.647. The van der Waals surface area contributed by atoms with Crippen molar-refractivity contribution in [2.75, 3.05) is 32.8 Å². The van der Waals surface area contributed by atoms with Crippen LogP contribution in [0.3, 0.4) is 0 Å². The largest absolute Gasteiger partial charge is 0.379 e. The summed E-state index contributed by atoms with van der Waals surface area (Å²) in [7, 11) is 0. The van der Waals surface area contributed by atoms with Gasteiger partial charge in [-0.25, -0.2) is 0 Å². The van der Waals surface area contributed by atoms with E-state index in [0.717, 1.165) is 30.1 Å². The zero-order valence-corrected chi connectivity index (χ0v) is 17.3. The van der Waals surface area contributed by atoms with E-state index >= 15 is 0 Å². The second kappa shape index (κ2) is 9.66. The van der Waals surface area contributed by atoms with Crippen LogP contribution in [0.2, 0.25) is 0 Å². The summed E-state index contributed by atoms with van der Waals surface area (Å²) >= 11 is 4.68. The van der Waals surface area contributed by atoms with Crippen LogP contribution >= 0.6 is 27.3 Å². The highest BCUT2D eigenvalue weighted by Crippen LogP contribution is 2.21. The molecule has 2 rings (SSSR count). The fourth-order valence-electron chi connectivity index (χ4n) is 2.82. The van der Waals surface area contributed by atoms with Gasteiger partial charge in [-0.2, -0.15) is 0 Å². The quantitative estimate of drug-likeness (QED) is 0.693. The predicted octanol–water partition coefficient (Wildman–Crippen LogP) is 2.10. The molecule has 2 heterocycles. The molecule has 2 unspecified atom stereocenters. The molecule has 0 saturated carbocycles. The Morgan fingerprint density at radius 2 is 1.96 bits per heavy atom. The minimum Gasteiger partial charge on any atom is -0.379 e. The van der Waals surface area contributed by atoms with Gasteiger partial charge < -0.3 is 15.4 Å². The molecule has 0 radical (unpaired) electrons. The van der Waals surface area contributed by atoms with Gasteiger partial charge in [0, 0.05) is 25.7 Å². The molecule has 1 saturated heterocycles. The molecule has 2 amide bonds. The zero-order chi connectivity index (χ0) is 18.4. The van der Waals surface area contributed by atoms with Crippen molar-refractivity contribution in [3.05, 3.63) is 20.8 Å². The molecule has 0 spiro atoms. The van der Waals surface area contributed by atoms with Gasteiger partial charge in [-0.05, 0) is 40.9 Å². The fourth-order valence-corrected chi connectivity index (χ4v) is 4.11. The number of halogens is 1. The average molecular weight is 432 g/mol. The molecular formula is C17H26BrN3O3S. The second-order valence-electron chi connectivity index (χ2n) is 6.50. The number of carbonyl (C=O) groups excluding carboxylic acids is 2. The molecule has 0 bridgehead atoms. The highest BCUT2D eigenvalue weighted by atomic mass is 79.9. The molecule has 1 aromatic rings. The number of rotatable bonds is 7. The molecule has 0 aromatic carbocycles. The molecule has 8 heteroatoms. The Morgan fingerprint density at radius 3 is 2.52 bits per heavy atom. The number of hydrogen-bond acceptors (Lipinski definition) is 5. The summed E-state index contributed by atoms with van der Waals surface area (Å²) < 4.78 is 6.29. The normalized spacial score (nSPS) is 18.0. The lowest BCUT2D eigenvalue weighted by molar-refractivity contribution is -0.123. The summed E-state index contributed by atoms with van der Waals surface area (Å²) in [5.41, 5.74) is 0. The third-order valence-electron chi connectivity index (χ3n) is 4.31. The van der Waals surface area contributed by atoms with E-state index in [1.165, 1.54) is 11.3 Å². The molecular weight excluding hydrogens is 406 g/mol. The number of amides is 2. The lowest BCUT2D eigenvalue weighted by Crippen LogP contribution is -2.53. The molecule has 1 aliphatic rings. The van der Waals surface area contributed by atoms with Crippen molar-refractivity contribution in [3.63, 3.8) is 0 Å². The summed E-state index contributed by atoms with van der Waals surface area (Å²) in [6.07, 6.45) is 0. The van der Waals surface area contributed by atoms with Crippen molar-refractivity contribution in [3.8, 4) is 0 Å². The van der Waals surface area contributed by atoms with E-state index in [9.17, 15) is 9.59 Å². The summed E-state index contributed by atoms with van der Waals surface area (Å²) in [5.74, 6) is 0.0292. The Bertz CT molecular complexity index is 587. The van der Waals surface area contributed by atoms with Gasteiger partial charge in [-0.1, -0.05) is 13.8 Å². The Morgan fingerprint density at radius 1 is 1.28 bits per heavy atom. The first-order valence-electron chi connectivity index (χ1n) is 8.54. The van der Waals surface area contributed by atoms with Gasteiger partial charge >= 0.3 is 0 Å². The van der Waals surface area contributed by atoms with Gasteiger partial charge in [0.15, 0.2) is 0 Å². The molecule has 25 heavy (non-hydrogen) atoms. The third-order valence-corrected chi connectivity index (χ3v) is 5.93.